The predicted octanol–water partition coefficient (Wildman–Crippen LogP) is 3.04. The van der Waals surface area contributed by atoms with Gasteiger partial charge in [-0.1, -0.05) is 30.8 Å². The number of nitrogens with zero attached hydrogens (tertiary/aromatic N) is 2. The molecule has 1 amide bonds. The molecular formula is C24H26N2O5S. The quantitative estimate of drug-likeness (QED) is 0.391. The molecule has 2 saturated heterocycles. The molecule has 0 saturated carbocycles. The van der Waals surface area contributed by atoms with Gasteiger partial charge in [0, 0.05) is 23.2 Å². The van der Waals surface area contributed by atoms with Crippen LogP contribution < -0.4 is 4.74 Å². The summed E-state index contributed by atoms with van der Waals surface area (Å²) >= 11 is 1.48. The summed E-state index contributed by atoms with van der Waals surface area (Å²) in [6, 6.07) is 10.0. The fourth-order valence-corrected chi connectivity index (χ4v) is 5.33. The lowest BCUT2D eigenvalue weighted by molar-refractivity contribution is -0.173. The first kappa shape index (κ1) is 22.4. The van der Waals surface area contributed by atoms with Gasteiger partial charge in [-0.3, -0.25) is 9.78 Å². The van der Waals surface area contributed by atoms with Crippen molar-refractivity contribution in [2.24, 2.45) is 11.8 Å². The summed E-state index contributed by atoms with van der Waals surface area (Å²) in [7, 11) is 1.59. The van der Waals surface area contributed by atoms with Crippen molar-refractivity contribution in [3.63, 3.8) is 0 Å². The third kappa shape index (κ3) is 4.12. The van der Waals surface area contributed by atoms with E-state index in [9.17, 15) is 14.7 Å². The number of benzene rings is 1. The number of hydrogen-bond donors (Lipinski definition) is 1. The molecule has 0 spiro atoms. The number of esters is 1. The summed E-state index contributed by atoms with van der Waals surface area (Å²) in [5, 5.41) is 12.1. The van der Waals surface area contributed by atoms with Crippen LogP contribution >= 0.6 is 11.8 Å². The summed E-state index contributed by atoms with van der Waals surface area (Å²) < 4.78 is 10.8. The van der Waals surface area contributed by atoms with Gasteiger partial charge in [0.05, 0.1) is 25.2 Å². The molecule has 3 unspecified atom stereocenters. The van der Waals surface area contributed by atoms with Crippen molar-refractivity contribution in [3.8, 4) is 5.75 Å². The second-order valence-corrected chi connectivity index (χ2v) is 9.01. The highest BCUT2D eigenvalue weighted by molar-refractivity contribution is 8.02. The molecule has 7 nitrogen and oxygen atoms in total. The molecular weight excluding hydrogens is 428 g/mol. The maximum atomic E-state index is 13.2. The van der Waals surface area contributed by atoms with Crippen molar-refractivity contribution in [2.45, 2.75) is 43.5 Å². The standard InChI is InChI=1S/C24H26N2O5S/c1-14-19(13-32-18-8-10-25-11-9-18)22(26-21(14)20(15(2)27)23(26)28)24(29)31-12-16-4-6-17(30-3)7-5-16/h4-11,13-15,20-22,27H,12H2,1-3H3/b19-13-/t14?,15?,20-,21-,22?/m1/s1. The number of β-lactam (4-membered cyclic amide) rings is 1. The highest BCUT2D eigenvalue weighted by Crippen LogP contribution is 2.48. The second kappa shape index (κ2) is 9.34. The fourth-order valence-electron chi connectivity index (χ4n) is 4.44. The smallest absolute Gasteiger partial charge is 0.333 e. The summed E-state index contributed by atoms with van der Waals surface area (Å²) in [6.07, 6.45) is 2.65. The number of amides is 1. The van der Waals surface area contributed by atoms with Gasteiger partial charge in [-0.2, -0.15) is 0 Å². The van der Waals surface area contributed by atoms with E-state index in [0.29, 0.717) is 0 Å². The lowest BCUT2D eigenvalue weighted by Crippen LogP contribution is -2.65. The van der Waals surface area contributed by atoms with Crippen molar-refractivity contribution in [3.05, 3.63) is 65.3 Å². The first-order valence-electron chi connectivity index (χ1n) is 10.5. The molecule has 2 aromatic rings. The van der Waals surface area contributed by atoms with E-state index in [0.717, 1.165) is 21.8 Å². The number of aromatic nitrogens is 1. The summed E-state index contributed by atoms with van der Waals surface area (Å²) in [4.78, 5) is 32.6. The normalized spacial score (nSPS) is 26.4. The molecule has 0 aliphatic carbocycles. The van der Waals surface area contributed by atoms with Crippen LogP contribution in [0, 0.1) is 11.8 Å². The maximum Gasteiger partial charge on any atom is 0.333 e. The zero-order chi connectivity index (χ0) is 22.8. The highest BCUT2D eigenvalue weighted by Gasteiger charge is 2.62. The minimum atomic E-state index is -0.787. The molecule has 2 fully saturated rings. The van der Waals surface area contributed by atoms with Crippen LogP contribution in [0.2, 0.25) is 0 Å². The number of carbonyl (C=O) groups is 2. The van der Waals surface area contributed by atoms with E-state index < -0.39 is 24.0 Å². The minimum Gasteiger partial charge on any atom is -0.497 e. The average molecular weight is 455 g/mol. The van der Waals surface area contributed by atoms with Gasteiger partial charge < -0.3 is 19.5 Å². The van der Waals surface area contributed by atoms with Crippen molar-refractivity contribution in [1.82, 2.24) is 9.88 Å². The van der Waals surface area contributed by atoms with Crippen molar-refractivity contribution < 1.29 is 24.2 Å². The van der Waals surface area contributed by atoms with E-state index in [1.807, 2.05) is 36.6 Å². The number of thioether (sulfide) groups is 1. The Morgan fingerprint density at radius 1 is 1.25 bits per heavy atom. The van der Waals surface area contributed by atoms with E-state index in [1.54, 1.807) is 43.5 Å². The van der Waals surface area contributed by atoms with Crippen LogP contribution in [0.4, 0.5) is 0 Å². The number of rotatable bonds is 7. The van der Waals surface area contributed by atoms with Crippen molar-refractivity contribution >= 4 is 23.6 Å². The van der Waals surface area contributed by atoms with Gasteiger partial charge in [0.25, 0.3) is 0 Å². The van der Waals surface area contributed by atoms with Crippen LogP contribution in [0.3, 0.4) is 0 Å². The largest absolute Gasteiger partial charge is 0.497 e. The zero-order valence-corrected chi connectivity index (χ0v) is 19.0. The lowest BCUT2D eigenvalue weighted by atomic mass is 9.79. The Bertz CT molecular complexity index is 1010. The lowest BCUT2D eigenvalue weighted by Gasteiger charge is -2.46. The van der Waals surface area contributed by atoms with Gasteiger partial charge in [0.2, 0.25) is 5.91 Å². The Morgan fingerprint density at radius 3 is 2.56 bits per heavy atom. The number of carbonyl (C=O) groups excluding carboxylic acids is 2. The SMILES string of the molecule is COc1ccc(COC(=O)C2/C(=C\Sc3ccncc3)C(C)[C@@H]3[C@@H](C(C)O)C(=O)N23)cc1. The highest BCUT2D eigenvalue weighted by atomic mass is 32.2. The van der Waals surface area contributed by atoms with Crippen LogP contribution in [0.1, 0.15) is 19.4 Å². The number of methoxy groups -OCH3 is 1. The van der Waals surface area contributed by atoms with Gasteiger partial charge in [-0.25, -0.2) is 4.79 Å². The Labute approximate surface area is 191 Å². The zero-order valence-electron chi connectivity index (χ0n) is 18.2. The molecule has 3 heterocycles. The van der Waals surface area contributed by atoms with Crippen molar-refractivity contribution in [1.29, 1.82) is 0 Å². The van der Waals surface area contributed by atoms with Gasteiger partial charge in [0.15, 0.2) is 6.04 Å². The molecule has 4 rings (SSSR count). The number of aliphatic hydroxyl groups is 1. The summed E-state index contributed by atoms with van der Waals surface area (Å²) in [6.45, 7) is 3.72. The Kier molecular flexibility index (Phi) is 6.53. The van der Waals surface area contributed by atoms with E-state index in [-0.39, 0.29) is 24.5 Å². The van der Waals surface area contributed by atoms with Gasteiger partial charge in [-0.05, 0) is 47.7 Å². The molecule has 32 heavy (non-hydrogen) atoms. The number of aliphatic hydroxyl groups excluding tert-OH is 1. The van der Waals surface area contributed by atoms with E-state index in [1.165, 1.54) is 11.8 Å². The molecule has 2 aliphatic heterocycles. The topological polar surface area (TPSA) is 89.0 Å². The number of hydrogen-bond acceptors (Lipinski definition) is 7. The molecule has 168 valence electrons. The van der Waals surface area contributed by atoms with Crippen LogP contribution in [0.25, 0.3) is 0 Å². The van der Waals surface area contributed by atoms with Crippen LogP contribution in [-0.4, -0.2) is 52.2 Å². The predicted molar refractivity (Wildman–Crippen MR) is 120 cm³/mol. The Morgan fingerprint density at radius 2 is 1.94 bits per heavy atom. The first-order valence-corrected chi connectivity index (χ1v) is 11.4. The fraction of sp³-hybridized carbons (Fsp3) is 0.375. The third-order valence-corrected chi connectivity index (χ3v) is 7.06. The van der Waals surface area contributed by atoms with E-state index >= 15 is 0 Å². The van der Waals surface area contributed by atoms with Gasteiger partial charge in [0.1, 0.15) is 12.4 Å². The average Bonchev–Trinajstić information content (AvgIpc) is 3.04. The second-order valence-electron chi connectivity index (χ2n) is 8.07. The Hall–Kier alpha value is -2.84. The third-order valence-electron chi connectivity index (χ3n) is 6.12. The molecule has 1 N–H and O–H groups in total. The van der Waals surface area contributed by atoms with Gasteiger partial charge in [-0.15, -0.1) is 0 Å². The van der Waals surface area contributed by atoms with Crippen LogP contribution in [0.15, 0.2) is 64.7 Å². The monoisotopic (exact) mass is 454 g/mol. The number of pyridine rings is 1. The minimum absolute atomic E-state index is 0.0693. The Balaban J connectivity index is 1.55. The number of ether oxygens (including phenoxy) is 2. The van der Waals surface area contributed by atoms with Crippen molar-refractivity contribution in [2.75, 3.05) is 7.11 Å². The maximum absolute atomic E-state index is 13.2. The van der Waals surface area contributed by atoms with E-state index in [2.05, 4.69) is 4.98 Å². The molecule has 0 bridgehead atoms. The molecule has 0 radical (unpaired) electrons. The number of fused-ring (bicyclic) bond motifs is 1. The van der Waals surface area contributed by atoms with Crippen LogP contribution in [-0.2, 0) is 20.9 Å². The van der Waals surface area contributed by atoms with Crippen LogP contribution in [0.5, 0.6) is 5.75 Å². The molecule has 1 aromatic heterocycles. The van der Waals surface area contributed by atoms with Gasteiger partial charge >= 0.3 is 5.97 Å². The molecule has 1 aromatic carbocycles. The first-order chi connectivity index (χ1) is 15.4. The summed E-state index contributed by atoms with van der Waals surface area (Å²) in [5.41, 5.74) is 1.66. The molecule has 5 atom stereocenters. The molecule has 2 aliphatic rings. The van der Waals surface area contributed by atoms with E-state index in [4.69, 9.17) is 9.47 Å². The summed E-state index contributed by atoms with van der Waals surface area (Å²) in [5.74, 6) is -0.519. The molecule has 8 heteroatoms.